The summed E-state index contributed by atoms with van der Waals surface area (Å²) in [5.74, 6) is -0.0483. The molecule has 0 spiro atoms. The first-order valence-corrected chi connectivity index (χ1v) is 35.1. The maximum absolute atomic E-state index is 12.4. The van der Waals surface area contributed by atoms with Crippen LogP contribution in [0.25, 0.3) is 0 Å². The van der Waals surface area contributed by atoms with Crippen LogP contribution in [0.1, 0.15) is 393 Å². The number of nitrogens with one attached hydrogen (secondary N) is 1. The standard InChI is InChI=1S/C71H137NO5/c1-3-5-7-9-11-13-15-16-17-38-41-45-49-53-57-61-65-71(76)77-66-62-58-54-50-46-42-39-36-34-32-30-28-26-24-22-20-18-19-21-23-25-27-29-31-33-35-37-40-44-48-52-56-60-64-70(75)72-68(67-73)69(74)63-59-55-51-47-43-14-12-10-8-6-4-2/h17,38,59,63,68-69,73-74H,3-16,18-37,39-58,60-62,64-67H2,1-2H3,(H,72,75)/b38-17-,63-59+. The Hall–Kier alpha value is -1.66. The third-order valence-corrected chi connectivity index (χ3v) is 16.5. The van der Waals surface area contributed by atoms with Crippen LogP contribution < -0.4 is 5.32 Å². The van der Waals surface area contributed by atoms with Crippen LogP contribution in [0.2, 0.25) is 0 Å². The summed E-state index contributed by atoms with van der Waals surface area (Å²) in [4.78, 5) is 24.5. The first-order valence-electron chi connectivity index (χ1n) is 35.1. The zero-order valence-corrected chi connectivity index (χ0v) is 52.2. The van der Waals surface area contributed by atoms with E-state index in [1.54, 1.807) is 6.08 Å². The number of hydrogen-bond acceptors (Lipinski definition) is 5. The highest BCUT2D eigenvalue weighted by atomic mass is 16.5. The Labute approximate surface area is 481 Å². The van der Waals surface area contributed by atoms with Crippen molar-refractivity contribution in [1.29, 1.82) is 0 Å². The third kappa shape index (κ3) is 63.4. The Kier molecular flexibility index (Phi) is 65.4. The SMILES string of the molecule is CCCCCCCCC/C=C\CCCCCCCC(=O)OCCCCCCCCCCCCCCCCCCCCCCCCCCCCCCCCCCCC(=O)NC(CO)C(O)/C=C/CCCCCCCCCCC. The molecule has 0 radical (unpaired) electrons. The number of carbonyl (C=O) groups excluding carboxylic acids is 2. The van der Waals surface area contributed by atoms with Crippen LogP contribution in [-0.4, -0.2) is 47.4 Å². The van der Waals surface area contributed by atoms with E-state index >= 15 is 0 Å². The fraction of sp³-hybridized carbons (Fsp3) is 0.915. The van der Waals surface area contributed by atoms with Gasteiger partial charge in [0.2, 0.25) is 5.91 Å². The largest absolute Gasteiger partial charge is 0.466 e. The number of hydrogen-bond donors (Lipinski definition) is 3. The maximum Gasteiger partial charge on any atom is 0.305 e. The van der Waals surface area contributed by atoms with Crippen molar-refractivity contribution in [3.05, 3.63) is 24.3 Å². The molecule has 6 nitrogen and oxygen atoms in total. The summed E-state index contributed by atoms with van der Waals surface area (Å²) >= 11 is 0. The van der Waals surface area contributed by atoms with Crippen molar-refractivity contribution < 1.29 is 24.5 Å². The van der Waals surface area contributed by atoms with Gasteiger partial charge in [0.15, 0.2) is 0 Å². The minimum Gasteiger partial charge on any atom is -0.466 e. The lowest BCUT2D eigenvalue weighted by Crippen LogP contribution is -2.45. The summed E-state index contributed by atoms with van der Waals surface area (Å²) in [5, 5.41) is 23.1. The molecule has 0 rings (SSSR count). The number of unbranched alkanes of at least 4 members (excludes halogenated alkanes) is 53. The molecule has 0 heterocycles. The Morgan fingerprint density at radius 3 is 0.922 bits per heavy atom. The molecule has 2 atom stereocenters. The van der Waals surface area contributed by atoms with E-state index < -0.39 is 12.1 Å². The van der Waals surface area contributed by atoms with Gasteiger partial charge in [0.1, 0.15) is 0 Å². The predicted molar refractivity (Wildman–Crippen MR) is 338 cm³/mol. The zero-order chi connectivity index (χ0) is 55.7. The Morgan fingerprint density at radius 1 is 0.351 bits per heavy atom. The van der Waals surface area contributed by atoms with E-state index in [-0.39, 0.29) is 18.5 Å². The number of aliphatic hydroxyl groups excluding tert-OH is 2. The van der Waals surface area contributed by atoms with Gasteiger partial charge in [0.25, 0.3) is 0 Å². The Bertz CT molecular complexity index is 1200. The van der Waals surface area contributed by atoms with Crippen molar-refractivity contribution in [3.8, 4) is 0 Å². The molecular weight excluding hydrogens is 947 g/mol. The second kappa shape index (κ2) is 66.8. The van der Waals surface area contributed by atoms with E-state index in [0.29, 0.717) is 19.4 Å². The molecule has 0 aromatic heterocycles. The van der Waals surface area contributed by atoms with Gasteiger partial charge in [-0.05, 0) is 57.8 Å². The number of aliphatic hydroxyl groups is 2. The third-order valence-electron chi connectivity index (χ3n) is 16.5. The van der Waals surface area contributed by atoms with Crippen molar-refractivity contribution in [2.45, 2.75) is 405 Å². The fourth-order valence-corrected chi connectivity index (χ4v) is 11.1. The summed E-state index contributed by atoms with van der Waals surface area (Å²) in [6.45, 7) is 4.91. The Balaban J connectivity index is 3.30. The molecule has 0 aromatic rings. The predicted octanol–water partition coefficient (Wildman–Crippen LogP) is 22.5. The summed E-state index contributed by atoms with van der Waals surface area (Å²) in [6.07, 6.45) is 84.2. The molecule has 77 heavy (non-hydrogen) atoms. The molecule has 0 aliphatic carbocycles. The molecule has 0 aliphatic heterocycles. The monoisotopic (exact) mass is 1080 g/mol. The maximum atomic E-state index is 12.4. The molecule has 0 aromatic carbocycles. The molecule has 456 valence electrons. The Morgan fingerprint density at radius 2 is 0.610 bits per heavy atom. The van der Waals surface area contributed by atoms with E-state index in [2.05, 4.69) is 31.3 Å². The normalized spacial score (nSPS) is 12.6. The molecule has 2 unspecified atom stereocenters. The first-order chi connectivity index (χ1) is 38.0. The summed E-state index contributed by atoms with van der Waals surface area (Å²) in [7, 11) is 0. The zero-order valence-electron chi connectivity index (χ0n) is 52.2. The lowest BCUT2D eigenvalue weighted by Gasteiger charge is -2.20. The van der Waals surface area contributed by atoms with Crippen molar-refractivity contribution >= 4 is 11.9 Å². The minimum absolute atomic E-state index is 0.0145. The van der Waals surface area contributed by atoms with E-state index in [4.69, 9.17) is 4.74 Å². The average Bonchev–Trinajstić information content (AvgIpc) is 3.43. The van der Waals surface area contributed by atoms with Gasteiger partial charge in [-0.15, -0.1) is 0 Å². The number of ether oxygens (including phenoxy) is 1. The van der Waals surface area contributed by atoms with Gasteiger partial charge in [-0.1, -0.05) is 346 Å². The van der Waals surface area contributed by atoms with Gasteiger partial charge in [-0.2, -0.15) is 0 Å². The van der Waals surface area contributed by atoms with Crippen molar-refractivity contribution in [2.75, 3.05) is 13.2 Å². The second-order valence-electron chi connectivity index (χ2n) is 24.2. The van der Waals surface area contributed by atoms with Gasteiger partial charge in [-0.25, -0.2) is 0 Å². The molecule has 0 saturated carbocycles. The van der Waals surface area contributed by atoms with Crippen LogP contribution >= 0.6 is 0 Å². The first kappa shape index (κ1) is 75.3. The highest BCUT2D eigenvalue weighted by molar-refractivity contribution is 5.76. The second-order valence-corrected chi connectivity index (χ2v) is 24.2. The van der Waals surface area contributed by atoms with Gasteiger partial charge < -0.3 is 20.3 Å². The number of carbonyl (C=O) groups is 2. The summed E-state index contributed by atoms with van der Waals surface area (Å²) in [5.41, 5.74) is 0. The lowest BCUT2D eigenvalue weighted by molar-refractivity contribution is -0.143. The molecule has 0 fully saturated rings. The highest BCUT2D eigenvalue weighted by Gasteiger charge is 2.18. The van der Waals surface area contributed by atoms with Gasteiger partial charge in [-0.3, -0.25) is 9.59 Å². The van der Waals surface area contributed by atoms with Crippen LogP contribution in [-0.2, 0) is 14.3 Å². The van der Waals surface area contributed by atoms with Crippen LogP contribution in [0, 0.1) is 0 Å². The van der Waals surface area contributed by atoms with Crippen LogP contribution in [0.15, 0.2) is 24.3 Å². The molecule has 0 bridgehead atoms. The van der Waals surface area contributed by atoms with E-state index in [0.717, 1.165) is 44.9 Å². The van der Waals surface area contributed by atoms with E-state index in [1.807, 2.05) is 6.08 Å². The number of amides is 1. The van der Waals surface area contributed by atoms with Crippen LogP contribution in [0.5, 0.6) is 0 Å². The number of esters is 1. The minimum atomic E-state index is -0.839. The topological polar surface area (TPSA) is 95.9 Å². The molecule has 6 heteroatoms. The average molecular weight is 1080 g/mol. The highest BCUT2D eigenvalue weighted by Crippen LogP contribution is 2.19. The van der Waals surface area contributed by atoms with Crippen LogP contribution in [0.3, 0.4) is 0 Å². The number of rotatable bonds is 66. The smallest absolute Gasteiger partial charge is 0.305 e. The molecule has 0 aliphatic rings. The van der Waals surface area contributed by atoms with Gasteiger partial charge in [0.05, 0.1) is 25.4 Å². The van der Waals surface area contributed by atoms with Crippen molar-refractivity contribution in [3.63, 3.8) is 0 Å². The molecular formula is C71H137NO5. The lowest BCUT2D eigenvalue weighted by atomic mass is 10.0. The van der Waals surface area contributed by atoms with E-state index in [1.165, 1.54) is 321 Å². The molecule has 3 N–H and O–H groups in total. The van der Waals surface area contributed by atoms with Crippen molar-refractivity contribution in [1.82, 2.24) is 5.32 Å². The van der Waals surface area contributed by atoms with E-state index in [9.17, 15) is 19.8 Å². The number of allylic oxidation sites excluding steroid dienone is 3. The molecule has 1 amide bonds. The van der Waals surface area contributed by atoms with Gasteiger partial charge in [0, 0.05) is 12.8 Å². The fourth-order valence-electron chi connectivity index (χ4n) is 11.1. The quantitative estimate of drug-likeness (QED) is 0.0320. The summed E-state index contributed by atoms with van der Waals surface area (Å²) < 4.78 is 5.50. The summed E-state index contributed by atoms with van der Waals surface area (Å²) in [6, 6.07) is -0.622. The van der Waals surface area contributed by atoms with Crippen molar-refractivity contribution in [2.24, 2.45) is 0 Å². The van der Waals surface area contributed by atoms with Crippen LogP contribution in [0.4, 0.5) is 0 Å². The van der Waals surface area contributed by atoms with Gasteiger partial charge >= 0.3 is 5.97 Å². The molecule has 0 saturated heterocycles.